The number of allylic oxidation sites excluding steroid dienone is 1. The van der Waals surface area contributed by atoms with Gasteiger partial charge in [0.05, 0.1) is 19.6 Å². The van der Waals surface area contributed by atoms with Gasteiger partial charge in [-0.05, 0) is 122 Å². The molecule has 10 heteroatoms. The fourth-order valence-corrected chi connectivity index (χ4v) is 18.0. The molecule has 49 heavy (non-hydrogen) atoms. The monoisotopic (exact) mass is 756 g/mol. The molecule has 0 aromatic carbocycles. The molecular weight excluding hydrogens is 675 g/mol. The predicted octanol–water partition coefficient (Wildman–Crippen LogP) is 11.7. The molecule has 0 bridgehead atoms. The van der Waals surface area contributed by atoms with Crippen LogP contribution >= 0.6 is 0 Å². The van der Waals surface area contributed by atoms with E-state index < -0.39 is 39.3 Å². The Morgan fingerprint density at radius 3 is 1.76 bits per heavy atom. The maximum Gasteiger partial charge on any atom is 0.216 e. The summed E-state index contributed by atoms with van der Waals surface area (Å²) in [6.07, 6.45) is 1.69. The van der Waals surface area contributed by atoms with E-state index in [-0.39, 0.29) is 38.1 Å². The molecule has 2 atom stereocenters. The van der Waals surface area contributed by atoms with E-state index in [1.54, 1.807) is 10.6 Å². The zero-order chi connectivity index (χ0) is 39.2. The third-order valence-corrected chi connectivity index (χ3v) is 26.8. The van der Waals surface area contributed by atoms with Gasteiger partial charge in [-0.1, -0.05) is 75.1 Å². The second-order valence-electron chi connectivity index (χ2n) is 20.9. The summed E-state index contributed by atoms with van der Waals surface area (Å²) in [6, 6.07) is 2.55. The van der Waals surface area contributed by atoms with E-state index in [1.807, 2.05) is 0 Å². The minimum atomic E-state index is -2.58. The van der Waals surface area contributed by atoms with E-state index in [9.17, 15) is 10.2 Å². The van der Waals surface area contributed by atoms with E-state index in [4.69, 9.17) is 13.3 Å². The van der Waals surface area contributed by atoms with Crippen LogP contribution in [0, 0.1) is 16.7 Å². The number of rotatable bonds is 18. The van der Waals surface area contributed by atoms with Crippen molar-refractivity contribution < 1.29 is 23.5 Å². The third kappa shape index (κ3) is 10.9. The van der Waals surface area contributed by atoms with Crippen molar-refractivity contribution in [2.75, 3.05) is 0 Å². The van der Waals surface area contributed by atoms with Crippen LogP contribution in [0.1, 0.15) is 115 Å². The summed E-state index contributed by atoms with van der Waals surface area (Å²) in [6.45, 7) is 55.0. The molecule has 0 aliphatic heterocycles. The Kier molecular flexibility index (Phi) is 14.2. The number of aromatic hydroxyl groups is 2. The lowest BCUT2D eigenvalue weighted by molar-refractivity contribution is 0.0159. The van der Waals surface area contributed by atoms with Crippen molar-refractivity contribution >= 4 is 39.3 Å². The summed E-state index contributed by atoms with van der Waals surface area (Å²) in [5.41, 5.74) is 0.931. The first-order valence-corrected chi connectivity index (χ1v) is 30.6. The van der Waals surface area contributed by atoms with Gasteiger partial charge in [-0.15, -0.1) is 0 Å². The van der Waals surface area contributed by atoms with Crippen molar-refractivity contribution in [2.24, 2.45) is 16.7 Å². The number of nitrogens with zero attached hydrogens (tertiary/aromatic N) is 1. The summed E-state index contributed by atoms with van der Waals surface area (Å²) in [5, 5.41) is 21.8. The van der Waals surface area contributed by atoms with Gasteiger partial charge >= 0.3 is 0 Å². The standard InChI is InChI=1S/C39H81NO5Si4/c1-29(34(3,4)5)28-35(6,7)30(2)31-27-32(41)40(33(31)42)25-24-26-49(23,44-38(12,13)46(16)17)37(10,11)36(8,9)43-48(21,22)39(14,15)45-47(18,19)20/h27,29,41-42,46H,2,24-26,28H2,1,3-23H3. The quantitative estimate of drug-likeness (QED) is 0.146. The van der Waals surface area contributed by atoms with Crippen LogP contribution in [-0.2, 0) is 19.8 Å². The van der Waals surface area contributed by atoms with Crippen molar-refractivity contribution in [2.45, 2.75) is 196 Å². The Labute approximate surface area is 308 Å². The van der Waals surface area contributed by atoms with Crippen molar-refractivity contribution in [1.29, 1.82) is 0 Å². The molecule has 6 nitrogen and oxygen atoms in total. The van der Waals surface area contributed by atoms with Gasteiger partial charge in [0.2, 0.25) is 14.2 Å². The zero-order valence-electron chi connectivity index (χ0n) is 36.3. The van der Waals surface area contributed by atoms with Crippen LogP contribution in [0.25, 0.3) is 5.57 Å². The fourth-order valence-electron chi connectivity index (χ4n) is 6.70. The van der Waals surface area contributed by atoms with Gasteiger partial charge in [0.1, 0.15) is 0 Å². The summed E-state index contributed by atoms with van der Waals surface area (Å²) in [4.78, 5) is 0. The minimum absolute atomic E-state index is 0.0767. The Bertz CT molecular complexity index is 1280. The van der Waals surface area contributed by atoms with Crippen LogP contribution < -0.4 is 0 Å². The van der Waals surface area contributed by atoms with Gasteiger partial charge in [0.25, 0.3) is 0 Å². The molecule has 0 saturated heterocycles. The predicted molar refractivity (Wildman–Crippen MR) is 224 cm³/mol. The summed E-state index contributed by atoms with van der Waals surface area (Å²) in [5.74, 6) is 0.632. The van der Waals surface area contributed by atoms with Crippen LogP contribution in [0.3, 0.4) is 0 Å². The largest absolute Gasteiger partial charge is 0.494 e. The highest BCUT2D eigenvalue weighted by molar-refractivity contribution is 6.78. The van der Waals surface area contributed by atoms with Gasteiger partial charge in [-0.3, -0.25) is 4.57 Å². The molecule has 0 fully saturated rings. The van der Waals surface area contributed by atoms with Crippen LogP contribution in [-0.4, -0.2) is 64.6 Å². The molecule has 1 aromatic heterocycles. The Hall–Kier alpha value is -0.632. The van der Waals surface area contributed by atoms with Gasteiger partial charge in [0.15, 0.2) is 22.5 Å². The van der Waals surface area contributed by atoms with Crippen LogP contribution in [0.2, 0.25) is 63.5 Å². The Balaban J connectivity index is 3.49. The molecule has 0 amide bonds. The van der Waals surface area contributed by atoms with Crippen molar-refractivity contribution in [3.63, 3.8) is 0 Å². The number of hydrogen-bond acceptors (Lipinski definition) is 5. The maximum absolute atomic E-state index is 11.5. The SMILES string of the molecule is C=C(c1cc(O)n(CCC[Si](C)(OC(C)(C)[SiH](C)C)C(C)(C)C(C)(C)O[Si](C)(C)C(C)(C)O[Si](C)(C)C)c1O)C(C)(C)CC(C)C(C)(C)C. The van der Waals surface area contributed by atoms with Crippen molar-refractivity contribution in [3.8, 4) is 11.8 Å². The topological polar surface area (TPSA) is 73.1 Å². The lowest BCUT2D eigenvalue weighted by Crippen LogP contribution is -2.66. The Morgan fingerprint density at radius 2 is 1.33 bits per heavy atom. The molecule has 0 aliphatic carbocycles. The summed E-state index contributed by atoms with van der Waals surface area (Å²) in [7, 11) is -7.95. The van der Waals surface area contributed by atoms with Crippen LogP contribution in [0.4, 0.5) is 0 Å². The van der Waals surface area contributed by atoms with E-state index >= 15 is 0 Å². The molecule has 0 radical (unpaired) electrons. The Morgan fingerprint density at radius 1 is 0.837 bits per heavy atom. The second kappa shape index (κ2) is 15.0. The summed E-state index contributed by atoms with van der Waals surface area (Å²) >= 11 is 0. The normalized spacial score (nSPS) is 16.6. The highest BCUT2D eigenvalue weighted by Crippen LogP contribution is 2.54. The molecule has 0 saturated carbocycles. The van der Waals surface area contributed by atoms with E-state index in [2.05, 4.69) is 156 Å². The molecule has 1 rings (SSSR count). The smallest absolute Gasteiger partial charge is 0.216 e. The van der Waals surface area contributed by atoms with Gasteiger partial charge in [0, 0.05) is 28.4 Å². The average molecular weight is 756 g/mol. The highest BCUT2D eigenvalue weighted by Gasteiger charge is 2.59. The lowest BCUT2D eigenvalue weighted by atomic mass is 9.69. The molecule has 1 heterocycles. The molecular formula is C39H81NO5Si4. The molecule has 2 unspecified atom stereocenters. The average Bonchev–Trinajstić information content (AvgIpc) is 3.12. The number of hydrogen-bond donors (Lipinski definition) is 2. The van der Waals surface area contributed by atoms with Crippen molar-refractivity contribution in [1.82, 2.24) is 4.57 Å². The minimum Gasteiger partial charge on any atom is -0.494 e. The second-order valence-corrected chi connectivity index (χ2v) is 37.9. The zero-order valence-corrected chi connectivity index (χ0v) is 40.5. The number of aromatic nitrogens is 1. The lowest BCUT2D eigenvalue weighted by Gasteiger charge is -2.57. The molecule has 1 aromatic rings. The van der Waals surface area contributed by atoms with Crippen molar-refractivity contribution in [3.05, 3.63) is 18.2 Å². The highest BCUT2D eigenvalue weighted by atomic mass is 28.4. The van der Waals surface area contributed by atoms with Crippen LogP contribution in [0.5, 0.6) is 11.8 Å². The van der Waals surface area contributed by atoms with E-state index in [0.717, 1.165) is 24.5 Å². The first-order valence-electron chi connectivity index (χ1n) is 18.8. The first kappa shape index (κ1) is 46.4. The van der Waals surface area contributed by atoms with Crippen LogP contribution in [0.15, 0.2) is 12.6 Å². The van der Waals surface area contributed by atoms with Gasteiger partial charge in [-0.25, -0.2) is 0 Å². The molecule has 288 valence electrons. The van der Waals surface area contributed by atoms with Gasteiger partial charge < -0.3 is 23.5 Å². The molecule has 0 aliphatic rings. The summed E-state index contributed by atoms with van der Waals surface area (Å²) < 4.78 is 23.2. The molecule has 2 N–H and O–H groups in total. The third-order valence-electron chi connectivity index (χ3n) is 12.7. The van der Waals surface area contributed by atoms with Gasteiger partial charge in [-0.2, -0.15) is 0 Å². The molecule has 0 spiro atoms. The van der Waals surface area contributed by atoms with E-state index in [1.165, 1.54) is 0 Å². The maximum atomic E-state index is 11.5. The van der Waals surface area contributed by atoms with E-state index in [0.29, 0.717) is 18.0 Å². The first-order chi connectivity index (χ1) is 21.4. The fraction of sp³-hybridized carbons (Fsp3) is 0.846.